The van der Waals surface area contributed by atoms with Crippen LogP contribution in [-0.4, -0.2) is 59.0 Å². The number of rotatable bonds is 5. The van der Waals surface area contributed by atoms with Crippen molar-refractivity contribution in [3.63, 3.8) is 0 Å². The number of nitrogens with one attached hydrogen (secondary N) is 1. The van der Waals surface area contributed by atoms with Crippen LogP contribution < -0.4 is 10.5 Å². The number of aryl methyl sites for hydroxylation is 1. The number of fused-ring (bicyclic) bond motifs is 2. The van der Waals surface area contributed by atoms with Crippen molar-refractivity contribution in [1.29, 1.82) is 0 Å². The molecule has 2 aliphatic heterocycles. The van der Waals surface area contributed by atoms with Gasteiger partial charge in [0.1, 0.15) is 5.60 Å². The van der Waals surface area contributed by atoms with Crippen LogP contribution in [0.25, 0.3) is 16.9 Å². The maximum absolute atomic E-state index is 13.2. The highest BCUT2D eigenvalue weighted by Gasteiger charge is 2.63. The van der Waals surface area contributed by atoms with Gasteiger partial charge in [0.2, 0.25) is 10.0 Å². The zero-order valence-electron chi connectivity index (χ0n) is 18.1. The molecule has 10 nitrogen and oxygen atoms in total. The quantitative estimate of drug-likeness (QED) is 0.517. The molecular formula is C20H20F3N7O3S. The van der Waals surface area contributed by atoms with E-state index in [1.54, 1.807) is 26.3 Å². The average molecular weight is 495 g/mol. The van der Waals surface area contributed by atoms with Crippen LogP contribution in [0.3, 0.4) is 0 Å². The predicted molar refractivity (Wildman–Crippen MR) is 116 cm³/mol. The van der Waals surface area contributed by atoms with Gasteiger partial charge in [-0.15, -0.1) is 5.10 Å². The van der Waals surface area contributed by atoms with Crippen molar-refractivity contribution in [3.8, 4) is 11.3 Å². The van der Waals surface area contributed by atoms with Crippen LogP contribution in [0.15, 0.2) is 34.3 Å². The smallest absolute Gasteiger partial charge is 0.380 e. The minimum Gasteiger partial charge on any atom is -0.380 e. The molecule has 1 saturated carbocycles. The van der Waals surface area contributed by atoms with Gasteiger partial charge in [-0.25, -0.2) is 27.6 Å². The van der Waals surface area contributed by atoms with Gasteiger partial charge in [0.25, 0.3) is 5.82 Å². The Hall–Kier alpha value is -3.10. The topological polar surface area (TPSA) is 137 Å². The van der Waals surface area contributed by atoms with E-state index < -0.39 is 39.0 Å². The largest absolute Gasteiger partial charge is 0.453 e. The first-order valence-electron chi connectivity index (χ1n) is 10.2. The van der Waals surface area contributed by atoms with Crippen LogP contribution in [0.4, 0.5) is 19.0 Å². The van der Waals surface area contributed by atoms with E-state index in [2.05, 4.69) is 24.8 Å². The number of hydrogen-bond donors (Lipinski definition) is 2. The third kappa shape index (κ3) is 3.52. The summed E-state index contributed by atoms with van der Waals surface area (Å²) < 4.78 is 75.5. The Morgan fingerprint density at radius 2 is 2.06 bits per heavy atom. The standard InChI is InChI=1S/C20H20F3N7O3S/c1-11-3-4-12(34(31,32)29-18-7-19(8-18,9-25-2)33-10-18)5-13(11)14-6-26-16-15(24)27-17(20(21,22)23)28-30(14)16/h3-6,9,29H,7-8,10H2,1-2H3,(H2,24,27,28)/b25-9-. The van der Waals surface area contributed by atoms with Crippen LogP contribution in [0.1, 0.15) is 24.2 Å². The summed E-state index contributed by atoms with van der Waals surface area (Å²) in [7, 11) is -2.34. The molecule has 1 aromatic carbocycles. The fourth-order valence-corrected chi connectivity index (χ4v) is 6.05. The summed E-state index contributed by atoms with van der Waals surface area (Å²) in [5.74, 6) is -1.87. The van der Waals surface area contributed by atoms with E-state index in [-0.39, 0.29) is 22.8 Å². The van der Waals surface area contributed by atoms with E-state index >= 15 is 0 Å². The third-order valence-corrected chi connectivity index (χ3v) is 7.64. The van der Waals surface area contributed by atoms with E-state index in [0.29, 0.717) is 24.0 Å². The second-order valence-corrected chi connectivity index (χ2v) is 10.3. The number of alkyl halides is 3. The van der Waals surface area contributed by atoms with E-state index in [0.717, 1.165) is 4.52 Å². The van der Waals surface area contributed by atoms with Gasteiger partial charge in [0, 0.05) is 31.7 Å². The molecule has 14 heteroatoms. The van der Waals surface area contributed by atoms with Gasteiger partial charge in [0.15, 0.2) is 11.5 Å². The monoisotopic (exact) mass is 495 g/mol. The number of sulfonamides is 1. The lowest BCUT2D eigenvalue weighted by Crippen LogP contribution is -2.60. The molecule has 2 bridgehead atoms. The third-order valence-electron chi connectivity index (χ3n) is 6.06. The molecule has 3 aliphatic rings. The van der Waals surface area contributed by atoms with E-state index in [9.17, 15) is 21.6 Å². The lowest BCUT2D eigenvalue weighted by atomic mass is 9.70. The number of nitrogens with zero attached hydrogens (tertiary/aromatic N) is 5. The number of halogens is 3. The Morgan fingerprint density at radius 1 is 1.32 bits per heavy atom. The number of imidazole rings is 1. The molecule has 0 spiro atoms. The van der Waals surface area contributed by atoms with Gasteiger partial charge in [-0.2, -0.15) is 13.2 Å². The van der Waals surface area contributed by atoms with Crippen LogP contribution >= 0.6 is 0 Å². The minimum absolute atomic E-state index is 0.0518. The minimum atomic E-state index is -4.82. The molecule has 4 heterocycles. The number of hydrogen-bond acceptors (Lipinski definition) is 8. The predicted octanol–water partition coefficient (Wildman–Crippen LogP) is 1.98. The number of aliphatic imine (C=N–C) groups is 1. The summed E-state index contributed by atoms with van der Waals surface area (Å²) >= 11 is 0. The molecule has 2 saturated heterocycles. The SMILES string of the molecule is C/N=C\C12CC(NS(=O)(=O)c3ccc(C)c(-c4cnc5c(N)nc(C(F)(F)F)nn45)c3)(CO1)C2. The van der Waals surface area contributed by atoms with E-state index in [1.807, 2.05) is 0 Å². The zero-order valence-corrected chi connectivity index (χ0v) is 18.9. The number of nitrogens with two attached hydrogens (primary N) is 1. The van der Waals surface area contributed by atoms with Gasteiger partial charge in [-0.05, 0) is 24.6 Å². The molecule has 2 aromatic heterocycles. The van der Waals surface area contributed by atoms with Crippen LogP contribution in [0.2, 0.25) is 0 Å². The first kappa shape index (κ1) is 22.7. The average Bonchev–Trinajstić information content (AvgIpc) is 3.39. The fraction of sp³-hybridized carbons (Fsp3) is 0.400. The summed E-state index contributed by atoms with van der Waals surface area (Å²) in [6.45, 7) is 1.92. The van der Waals surface area contributed by atoms with Crippen molar-refractivity contribution < 1.29 is 26.3 Å². The molecule has 0 atom stereocenters. The van der Waals surface area contributed by atoms with Crippen molar-refractivity contribution in [2.45, 2.75) is 42.0 Å². The Morgan fingerprint density at radius 3 is 2.74 bits per heavy atom. The van der Waals surface area contributed by atoms with Crippen LogP contribution in [0, 0.1) is 6.92 Å². The second-order valence-electron chi connectivity index (χ2n) is 8.65. The Balaban J connectivity index is 1.53. The highest BCUT2D eigenvalue weighted by Crippen LogP contribution is 2.51. The number of aromatic nitrogens is 4. The molecule has 0 radical (unpaired) electrons. The Kier molecular flexibility index (Phi) is 4.80. The van der Waals surface area contributed by atoms with Crippen molar-refractivity contribution in [2.24, 2.45) is 4.99 Å². The molecule has 34 heavy (non-hydrogen) atoms. The zero-order chi connectivity index (χ0) is 24.5. The molecule has 3 fully saturated rings. The molecular weight excluding hydrogens is 475 g/mol. The Bertz CT molecular complexity index is 1440. The lowest BCUT2D eigenvalue weighted by Gasteiger charge is -2.42. The van der Waals surface area contributed by atoms with Gasteiger partial charge < -0.3 is 10.5 Å². The Labute approximate surface area is 192 Å². The number of benzene rings is 1. The maximum atomic E-state index is 13.2. The van der Waals surface area contributed by atoms with Gasteiger partial charge in [0.05, 0.1) is 28.9 Å². The normalized spacial score (nSPS) is 24.7. The van der Waals surface area contributed by atoms with Gasteiger partial charge in [-0.1, -0.05) is 6.07 Å². The number of anilines is 1. The second kappa shape index (κ2) is 7.20. The van der Waals surface area contributed by atoms with Crippen molar-refractivity contribution in [3.05, 3.63) is 35.8 Å². The molecule has 0 amide bonds. The lowest BCUT2D eigenvalue weighted by molar-refractivity contribution is -0.145. The van der Waals surface area contributed by atoms with E-state index in [4.69, 9.17) is 10.5 Å². The van der Waals surface area contributed by atoms with Crippen LogP contribution in [0.5, 0.6) is 0 Å². The van der Waals surface area contributed by atoms with E-state index in [1.165, 1.54) is 18.3 Å². The van der Waals surface area contributed by atoms with Gasteiger partial charge >= 0.3 is 6.18 Å². The summed E-state index contributed by atoms with van der Waals surface area (Å²) in [5, 5.41) is 3.55. The number of nitrogen functional groups attached to an aromatic ring is 1. The van der Waals surface area contributed by atoms with Crippen molar-refractivity contribution >= 4 is 27.7 Å². The molecule has 1 aliphatic carbocycles. The molecule has 180 valence electrons. The van der Waals surface area contributed by atoms with Gasteiger partial charge in [-0.3, -0.25) is 4.99 Å². The molecule has 3 N–H and O–H groups in total. The maximum Gasteiger partial charge on any atom is 0.453 e. The first-order valence-corrected chi connectivity index (χ1v) is 11.7. The highest BCUT2D eigenvalue weighted by atomic mass is 32.2. The summed E-state index contributed by atoms with van der Waals surface area (Å²) in [4.78, 5) is 11.2. The highest BCUT2D eigenvalue weighted by molar-refractivity contribution is 7.89. The summed E-state index contributed by atoms with van der Waals surface area (Å²) in [6.07, 6.45) is -0.917. The fourth-order valence-electron chi connectivity index (χ4n) is 4.64. The van der Waals surface area contributed by atoms with Crippen molar-refractivity contribution in [2.75, 3.05) is 19.4 Å². The molecule has 0 unspecified atom stereocenters. The first-order chi connectivity index (χ1) is 15.9. The number of ether oxygens (including phenoxy) is 1. The molecule has 3 aromatic rings. The summed E-state index contributed by atoms with van der Waals surface area (Å²) in [5.41, 5.74) is 5.42. The molecule has 6 rings (SSSR count). The van der Waals surface area contributed by atoms with Crippen LogP contribution in [-0.2, 0) is 20.9 Å². The summed E-state index contributed by atoms with van der Waals surface area (Å²) in [6, 6.07) is 4.37. The van der Waals surface area contributed by atoms with Crippen molar-refractivity contribution in [1.82, 2.24) is 24.3 Å².